The number of benzene rings is 1. The fraction of sp³-hybridized carbons (Fsp3) is 0.538. The molecular formula is C13H18ClFN2. The smallest absolute Gasteiger partial charge is 0.125 e. The van der Waals surface area contributed by atoms with E-state index in [4.69, 9.17) is 17.3 Å². The predicted molar refractivity (Wildman–Crippen MR) is 68.6 cm³/mol. The molecule has 0 spiro atoms. The number of hydrogen-bond donors (Lipinski definition) is 1. The summed E-state index contributed by atoms with van der Waals surface area (Å²) in [6.07, 6.45) is 2.03. The topological polar surface area (TPSA) is 29.3 Å². The largest absolute Gasteiger partial charge is 0.326 e. The van der Waals surface area contributed by atoms with Crippen LogP contribution in [0.5, 0.6) is 0 Å². The molecule has 2 N–H and O–H groups in total. The Morgan fingerprint density at radius 2 is 2.24 bits per heavy atom. The van der Waals surface area contributed by atoms with Crippen LogP contribution in [0.2, 0.25) is 5.02 Å². The molecule has 1 fully saturated rings. The van der Waals surface area contributed by atoms with Gasteiger partial charge in [0, 0.05) is 17.6 Å². The molecule has 0 radical (unpaired) electrons. The van der Waals surface area contributed by atoms with Gasteiger partial charge in [0.05, 0.1) is 6.04 Å². The van der Waals surface area contributed by atoms with Gasteiger partial charge in [-0.1, -0.05) is 18.5 Å². The summed E-state index contributed by atoms with van der Waals surface area (Å²) in [5, 5.41) is 0.440. The van der Waals surface area contributed by atoms with E-state index in [1.165, 1.54) is 6.07 Å². The highest BCUT2D eigenvalue weighted by atomic mass is 35.5. The van der Waals surface area contributed by atoms with E-state index < -0.39 is 0 Å². The Bertz CT molecular complexity index is 375. The molecule has 17 heavy (non-hydrogen) atoms. The van der Waals surface area contributed by atoms with Crippen molar-refractivity contribution in [2.45, 2.75) is 31.8 Å². The summed E-state index contributed by atoms with van der Waals surface area (Å²) in [4.78, 5) is 2.32. The van der Waals surface area contributed by atoms with E-state index in [2.05, 4.69) is 11.8 Å². The normalized spacial score (nSPS) is 25.4. The summed E-state index contributed by atoms with van der Waals surface area (Å²) in [5.74, 6) is -0.289. The summed E-state index contributed by atoms with van der Waals surface area (Å²) >= 11 is 5.90. The Labute approximate surface area is 107 Å². The lowest BCUT2D eigenvalue weighted by Gasteiger charge is -2.26. The van der Waals surface area contributed by atoms with Gasteiger partial charge in [0.2, 0.25) is 0 Å². The van der Waals surface area contributed by atoms with Crippen LogP contribution in [0, 0.1) is 5.82 Å². The van der Waals surface area contributed by atoms with Crippen molar-refractivity contribution in [3.05, 3.63) is 34.6 Å². The molecule has 94 valence electrons. The van der Waals surface area contributed by atoms with Crippen LogP contribution in [0.25, 0.3) is 0 Å². The molecule has 2 nitrogen and oxygen atoms in total. The first-order chi connectivity index (χ1) is 8.11. The fourth-order valence-corrected chi connectivity index (χ4v) is 2.85. The molecule has 0 unspecified atom stereocenters. The number of likely N-dealkylation sites (tertiary alicyclic amines) is 1. The molecule has 0 saturated carbocycles. The third kappa shape index (κ3) is 2.79. The monoisotopic (exact) mass is 256 g/mol. The highest BCUT2D eigenvalue weighted by molar-refractivity contribution is 6.30. The minimum absolute atomic E-state index is 0.0689. The SMILES string of the molecule is CCCN1CC[C@@H](N)[C@@H]1c1cc(F)cc(Cl)c1. The van der Waals surface area contributed by atoms with E-state index in [0.29, 0.717) is 5.02 Å². The second kappa shape index (κ2) is 5.34. The number of rotatable bonds is 3. The Hall–Kier alpha value is -0.640. The van der Waals surface area contributed by atoms with Gasteiger partial charge < -0.3 is 5.73 Å². The quantitative estimate of drug-likeness (QED) is 0.901. The maximum absolute atomic E-state index is 13.4. The van der Waals surface area contributed by atoms with Gasteiger partial charge in [0.25, 0.3) is 0 Å². The van der Waals surface area contributed by atoms with Crippen molar-refractivity contribution < 1.29 is 4.39 Å². The van der Waals surface area contributed by atoms with Crippen LogP contribution in [0.15, 0.2) is 18.2 Å². The molecule has 0 bridgehead atoms. The van der Waals surface area contributed by atoms with Crippen LogP contribution in [-0.2, 0) is 0 Å². The summed E-state index contributed by atoms with van der Waals surface area (Å²) in [6, 6.07) is 4.87. The van der Waals surface area contributed by atoms with Gasteiger partial charge in [-0.15, -0.1) is 0 Å². The molecule has 4 heteroatoms. The summed E-state index contributed by atoms with van der Waals surface area (Å²) in [7, 11) is 0. The lowest BCUT2D eigenvalue weighted by atomic mass is 10.0. The maximum atomic E-state index is 13.4. The number of halogens is 2. The third-order valence-corrected chi connectivity index (χ3v) is 3.50. The van der Waals surface area contributed by atoms with E-state index in [1.54, 1.807) is 6.07 Å². The molecule has 0 aromatic heterocycles. The Morgan fingerprint density at radius 3 is 2.88 bits per heavy atom. The molecule has 0 amide bonds. The van der Waals surface area contributed by atoms with E-state index in [9.17, 15) is 4.39 Å². The first kappa shape index (κ1) is 12.8. The molecular weight excluding hydrogens is 239 g/mol. The van der Waals surface area contributed by atoms with Crippen LogP contribution in [0.3, 0.4) is 0 Å². The summed E-state index contributed by atoms with van der Waals surface area (Å²) < 4.78 is 13.4. The van der Waals surface area contributed by atoms with Crippen LogP contribution < -0.4 is 5.73 Å². The average Bonchev–Trinajstić information content (AvgIpc) is 2.59. The van der Waals surface area contributed by atoms with Crippen molar-refractivity contribution in [3.8, 4) is 0 Å². The minimum Gasteiger partial charge on any atom is -0.326 e. The zero-order valence-corrected chi connectivity index (χ0v) is 10.8. The molecule has 1 heterocycles. The van der Waals surface area contributed by atoms with Crippen LogP contribution in [0.1, 0.15) is 31.4 Å². The lowest BCUT2D eigenvalue weighted by molar-refractivity contribution is 0.248. The van der Waals surface area contributed by atoms with Crippen molar-refractivity contribution in [3.63, 3.8) is 0 Å². The third-order valence-electron chi connectivity index (χ3n) is 3.29. The lowest BCUT2D eigenvalue weighted by Crippen LogP contribution is -2.32. The fourth-order valence-electron chi connectivity index (χ4n) is 2.62. The molecule has 2 atom stereocenters. The highest BCUT2D eigenvalue weighted by Crippen LogP contribution is 2.32. The van der Waals surface area contributed by atoms with Crippen molar-refractivity contribution in [1.29, 1.82) is 0 Å². The van der Waals surface area contributed by atoms with Crippen LogP contribution in [0.4, 0.5) is 4.39 Å². The zero-order valence-electron chi connectivity index (χ0n) is 10.00. The van der Waals surface area contributed by atoms with E-state index in [1.807, 2.05) is 6.07 Å². The van der Waals surface area contributed by atoms with E-state index in [-0.39, 0.29) is 17.9 Å². The second-order valence-corrected chi connectivity index (χ2v) is 5.07. The standard InChI is InChI=1S/C13H18ClFN2/c1-2-4-17-5-3-12(16)13(17)9-6-10(14)8-11(15)7-9/h6-8,12-13H,2-5,16H2,1H3/t12-,13+/m1/s1. The molecule has 0 aliphatic carbocycles. The van der Waals surface area contributed by atoms with Crippen LogP contribution >= 0.6 is 11.6 Å². The van der Waals surface area contributed by atoms with Gasteiger partial charge in [0.15, 0.2) is 0 Å². The average molecular weight is 257 g/mol. The van der Waals surface area contributed by atoms with Crippen molar-refractivity contribution in [1.82, 2.24) is 4.90 Å². The Morgan fingerprint density at radius 1 is 1.47 bits per heavy atom. The highest BCUT2D eigenvalue weighted by Gasteiger charge is 2.32. The molecule has 2 rings (SSSR count). The number of nitrogens with two attached hydrogens (primary N) is 1. The maximum Gasteiger partial charge on any atom is 0.125 e. The van der Waals surface area contributed by atoms with Crippen LogP contribution in [-0.4, -0.2) is 24.0 Å². The van der Waals surface area contributed by atoms with Gasteiger partial charge in [-0.3, -0.25) is 4.90 Å². The van der Waals surface area contributed by atoms with Gasteiger partial charge in [-0.05, 0) is 43.1 Å². The van der Waals surface area contributed by atoms with Gasteiger partial charge >= 0.3 is 0 Å². The molecule has 1 aliphatic rings. The van der Waals surface area contributed by atoms with Gasteiger partial charge in [-0.25, -0.2) is 4.39 Å². The second-order valence-electron chi connectivity index (χ2n) is 4.64. The van der Waals surface area contributed by atoms with Crippen molar-refractivity contribution in [2.75, 3.05) is 13.1 Å². The summed E-state index contributed by atoms with van der Waals surface area (Å²) in [5.41, 5.74) is 7.02. The van der Waals surface area contributed by atoms with Crippen molar-refractivity contribution >= 4 is 11.6 Å². The van der Waals surface area contributed by atoms with E-state index in [0.717, 1.165) is 31.5 Å². The van der Waals surface area contributed by atoms with E-state index >= 15 is 0 Å². The first-order valence-electron chi connectivity index (χ1n) is 6.07. The Balaban J connectivity index is 2.29. The van der Waals surface area contributed by atoms with Gasteiger partial charge in [0.1, 0.15) is 5.82 Å². The molecule has 1 saturated heterocycles. The molecule has 1 aromatic rings. The molecule has 1 aliphatic heterocycles. The Kier molecular flexibility index (Phi) is 4.02. The summed E-state index contributed by atoms with van der Waals surface area (Å²) in [6.45, 7) is 4.11. The van der Waals surface area contributed by atoms with Gasteiger partial charge in [-0.2, -0.15) is 0 Å². The zero-order chi connectivity index (χ0) is 12.4. The number of hydrogen-bond acceptors (Lipinski definition) is 2. The first-order valence-corrected chi connectivity index (χ1v) is 6.45. The predicted octanol–water partition coefficient (Wildman–Crippen LogP) is 2.96. The number of nitrogens with zero attached hydrogens (tertiary/aromatic N) is 1. The van der Waals surface area contributed by atoms with Crippen molar-refractivity contribution in [2.24, 2.45) is 5.73 Å². The minimum atomic E-state index is -0.289. The molecule has 1 aromatic carbocycles.